The van der Waals surface area contributed by atoms with Gasteiger partial charge < -0.3 is 29.6 Å². The fourth-order valence-electron chi connectivity index (χ4n) is 5.05. The number of nitrogens with one attached hydrogen (secondary N) is 2. The standard InChI is InChI=1S/C28H37N5O5/c1-18(2)14-21(31-28(37)33-12-8-4-5-9-13-33)25(34)30-22(26-29-16-24(38-26)27(35)36)15-19-17-32(3)23-11-7-6-10-20(19)23/h6-7,10-11,16-18,21-22H,4-5,8-9,12-15H2,1-3H3,(H,30,34)(H,31,37)(H,35,36)/t21-,22+/m0/s1. The second kappa shape index (κ2) is 12.1. The molecule has 3 aromatic rings. The van der Waals surface area contributed by atoms with Gasteiger partial charge in [-0.25, -0.2) is 14.6 Å². The fraction of sp³-hybridized carbons (Fsp3) is 0.500. The quantitative estimate of drug-likeness (QED) is 0.384. The summed E-state index contributed by atoms with van der Waals surface area (Å²) in [4.78, 5) is 44.1. The van der Waals surface area contributed by atoms with Crippen LogP contribution < -0.4 is 10.6 Å². The van der Waals surface area contributed by atoms with Crippen LogP contribution in [0.4, 0.5) is 4.79 Å². The Morgan fingerprint density at radius 2 is 1.79 bits per heavy atom. The maximum Gasteiger partial charge on any atom is 0.373 e. The van der Waals surface area contributed by atoms with Gasteiger partial charge in [0.25, 0.3) is 0 Å². The van der Waals surface area contributed by atoms with Crippen molar-refractivity contribution in [1.29, 1.82) is 0 Å². The molecule has 0 unspecified atom stereocenters. The molecule has 1 fully saturated rings. The van der Waals surface area contributed by atoms with E-state index in [1.165, 1.54) is 0 Å². The molecule has 1 aliphatic heterocycles. The van der Waals surface area contributed by atoms with Crippen molar-refractivity contribution in [3.05, 3.63) is 53.9 Å². The van der Waals surface area contributed by atoms with Crippen LogP contribution in [0.2, 0.25) is 0 Å². The normalized spacial score (nSPS) is 15.7. The molecule has 204 valence electrons. The van der Waals surface area contributed by atoms with E-state index in [2.05, 4.69) is 15.6 Å². The first-order valence-corrected chi connectivity index (χ1v) is 13.3. The van der Waals surface area contributed by atoms with Crippen LogP contribution in [-0.2, 0) is 18.3 Å². The van der Waals surface area contributed by atoms with E-state index >= 15 is 0 Å². The number of aromatic nitrogens is 2. The summed E-state index contributed by atoms with van der Waals surface area (Å²) in [7, 11) is 1.95. The number of oxazole rings is 1. The summed E-state index contributed by atoms with van der Waals surface area (Å²) in [5.74, 6) is -1.63. The molecule has 0 radical (unpaired) electrons. The van der Waals surface area contributed by atoms with Gasteiger partial charge in [-0.1, -0.05) is 44.9 Å². The van der Waals surface area contributed by atoms with Gasteiger partial charge in [0.2, 0.25) is 17.6 Å². The average molecular weight is 524 g/mol. The number of aryl methyl sites for hydroxylation is 1. The number of hydrogen-bond donors (Lipinski definition) is 3. The summed E-state index contributed by atoms with van der Waals surface area (Å²) in [5.41, 5.74) is 1.99. The number of benzene rings is 1. The number of carboxylic acids is 1. The molecule has 3 N–H and O–H groups in total. The smallest absolute Gasteiger partial charge is 0.373 e. The van der Waals surface area contributed by atoms with E-state index in [1.807, 2.05) is 55.9 Å². The predicted molar refractivity (Wildman–Crippen MR) is 143 cm³/mol. The lowest BCUT2D eigenvalue weighted by Crippen LogP contribution is -2.52. The molecule has 2 atom stereocenters. The Bertz CT molecular complexity index is 1270. The predicted octanol–water partition coefficient (Wildman–Crippen LogP) is 4.26. The first kappa shape index (κ1) is 27.2. The van der Waals surface area contributed by atoms with Crippen LogP contribution in [0.1, 0.15) is 74.0 Å². The molecule has 1 aromatic carbocycles. The van der Waals surface area contributed by atoms with Crippen molar-refractivity contribution in [2.24, 2.45) is 13.0 Å². The Balaban J connectivity index is 1.58. The molecule has 3 heterocycles. The first-order chi connectivity index (χ1) is 18.2. The Morgan fingerprint density at radius 3 is 2.45 bits per heavy atom. The number of urea groups is 1. The molecule has 10 heteroatoms. The van der Waals surface area contributed by atoms with Gasteiger partial charge in [0.05, 0.1) is 6.20 Å². The van der Waals surface area contributed by atoms with Gasteiger partial charge in [-0.3, -0.25) is 4.79 Å². The lowest BCUT2D eigenvalue weighted by atomic mass is 10.0. The molecular formula is C28H37N5O5. The molecule has 38 heavy (non-hydrogen) atoms. The maximum atomic E-state index is 13.6. The zero-order chi connectivity index (χ0) is 27.2. The van der Waals surface area contributed by atoms with Crippen LogP contribution in [0.5, 0.6) is 0 Å². The van der Waals surface area contributed by atoms with Crippen LogP contribution in [0.3, 0.4) is 0 Å². The number of fused-ring (bicyclic) bond motifs is 1. The van der Waals surface area contributed by atoms with Gasteiger partial charge in [-0.2, -0.15) is 0 Å². The van der Waals surface area contributed by atoms with Crippen molar-refractivity contribution in [2.75, 3.05) is 13.1 Å². The van der Waals surface area contributed by atoms with E-state index in [4.69, 9.17) is 4.42 Å². The lowest BCUT2D eigenvalue weighted by molar-refractivity contribution is -0.124. The second-order valence-electron chi connectivity index (χ2n) is 10.4. The largest absolute Gasteiger partial charge is 0.475 e. The number of nitrogens with zero attached hydrogens (tertiary/aromatic N) is 3. The molecular weight excluding hydrogens is 486 g/mol. The number of para-hydroxylation sites is 1. The van der Waals surface area contributed by atoms with Crippen LogP contribution in [0.25, 0.3) is 10.9 Å². The summed E-state index contributed by atoms with van der Waals surface area (Å²) in [6.45, 7) is 5.36. The molecule has 3 amide bonds. The zero-order valence-corrected chi connectivity index (χ0v) is 22.3. The number of carboxylic acid groups (broad SMARTS) is 1. The topological polar surface area (TPSA) is 130 Å². The molecule has 10 nitrogen and oxygen atoms in total. The fourth-order valence-corrected chi connectivity index (χ4v) is 5.05. The van der Waals surface area contributed by atoms with Gasteiger partial charge in [-0.05, 0) is 36.8 Å². The minimum Gasteiger partial charge on any atom is -0.475 e. The molecule has 0 saturated carbocycles. The van der Waals surface area contributed by atoms with Gasteiger partial charge in [0.1, 0.15) is 12.1 Å². The molecule has 0 bridgehead atoms. The third-order valence-electron chi connectivity index (χ3n) is 6.97. The van der Waals surface area contributed by atoms with Gasteiger partial charge >= 0.3 is 12.0 Å². The highest BCUT2D eigenvalue weighted by molar-refractivity contribution is 5.88. The average Bonchev–Trinajstić information content (AvgIpc) is 3.38. The zero-order valence-electron chi connectivity index (χ0n) is 22.3. The van der Waals surface area contributed by atoms with E-state index in [-0.39, 0.29) is 29.5 Å². The second-order valence-corrected chi connectivity index (χ2v) is 10.4. The highest BCUT2D eigenvalue weighted by Crippen LogP contribution is 2.26. The van der Waals surface area contributed by atoms with Crippen LogP contribution in [0, 0.1) is 5.92 Å². The maximum absolute atomic E-state index is 13.6. The number of carbonyl (C=O) groups is 3. The van der Waals surface area contributed by atoms with Crippen molar-refractivity contribution < 1.29 is 23.9 Å². The summed E-state index contributed by atoms with van der Waals surface area (Å²) >= 11 is 0. The molecule has 4 rings (SSSR count). The number of likely N-dealkylation sites (tertiary alicyclic amines) is 1. The monoisotopic (exact) mass is 523 g/mol. The summed E-state index contributed by atoms with van der Waals surface area (Å²) < 4.78 is 7.53. The Morgan fingerprint density at radius 1 is 1.08 bits per heavy atom. The van der Waals surface area contributed by atoms with Crippen molar-refractivity contribution in [1.82, 2.24) is 25.1 Å². The summed E-state index contributed by atoms with van der Waals surface area (Å²) in [5, 5.41) is 16.3. The molecule has 2 aromatic heterocycles. The molecule has 1 saturated heterocycles. The third kappa shape index (κ3) is 6.54. The molecule has 0 spiro atoms. The van der Waals surface area contributed by atoms with E-state index in [1.54, 1.807) is 4.90 Å². The van der Waals surface area contributed by atoms with Crippen molar-refractivity contribution in [3.63, 3.8) is 0 Å². The van der Waals surface area contributed by atoms with E-state index in [0.717, 1.165) is 48.3 Å². The van der Waals surface area contributed by atoms with E-state index in [9.17, 15) is 19.5 Å². The van der Waals surface area contributed by atoms with Crippen LogP contribution in [0.15, 0.2) is 41.1 Å². The number of hydrogen-bond acceptors (Lipinski definition) is 5. The van der Waals surface area contributed by atoms with E-state index < -0.39 is 18.1 Å². The summed E-state index contributed by atoms with van der Waals surface area (Å²) in [6, 6.07) is 6.21. The van der Waals surface area contributed by atoms with Crippen LogP contribution in [-0.4, -0.2) is 56.6 Å². The molecule has 1 aliphatic rings. The van der Waals surface area contributed by atoms with Crippen molar-refractivity contribution in [3.8, 4) is 0 Å². The lowest BCUT2D eigenvalue weighted by Gasteiger charge is -2.27. The van der Waals surface area contributed by atoms with Gasteiger partial charge in [0, 0.05) is 43.7 Å². The molecule has 0 aliphatic carbocycles. The van der Waals surface area contributed by atoms with Crippen molar-refractivity contribution in [2.45, 2.75) is 64.5 Å². The number of aromatic carboxylic acids is 1. The number of rotatable bonds is 9. The number of carbonyl (C=O) groups excluding carboxylic acids is 2. The Kier molecular flexibility index (Phi) is 8.70. The van der Waals surface area contributed by atoms with Crippen molar-refractivity contribution >= 4 is 28.8 Å². The Hall–Kier alpha value is -3.82. The van der Waals surface area contributed by atoms with Crippen LogP contribution >= 0.6 is 0 Å². The highest BCUT2D eigenvalue weighted by Gasteiger charge is 2.30. The summed E-state index contributed by atoms with van der Waals surface area (Å²) in [6.07, 6.45) is 8.03. The van der Waals surface area contributed by atoms with Gasteiger partial charge in [0.15, 0.2) is 0 Å². The Labute approximate surface area is 222 Å². The highest BCUT2D eigenvalue weighted by atomic mass is 16.4. The van der Waals surface area contributed by atoms with Gasteiger partial charge in [-0.15, -0.1) is 0 Å². The first-order valence-electron chi connectivity index (χ1n) is 13.3. The van der Waals surface area contributed by atoms with E-state index in [0.29, 0.717) is 25.9 Å². The third-order valence-corrected chi connectivity index (χ3v) is 6.97. The minimum atomic E-state index is -1.23. The minimum absolute atomic E-state index is 0.103. The number of amides is 3. The SMILES string of the molecule is CC(C)C[C@H](NC(=O)N1CCCCCC1)C(=O)N[C@H](Cc1cn(C)c2ccccc12)c1ncc(C(=O)O)o1.